The molecular weight excluding hydrogens is 308 g/mol. The van der Waals surface area contributed by atoms with Gasteiger partial charge in [0.25, 0.3) is 0 Å². The van der Waals surface area contributed by atoms with E-state index in [-0.39, 0.29) is 12.1 Å². The summed E-state index contributed by atoms with van der Waals surface area (Å²) in [6.45, 7) is 8.64. The van der Waals surface area contributed by atoms with E-state index in [0.29, 0.717) is 5.92 Å². The summed E-state index contributed by atoms with van der Waals surface area (Å²) in [7, 11) is 0. The number of hydrogen-bond donors (Lipinski definition) is 2. The zero-order valence-corrected chi connectivity index (χ0v) is 15.8. The Morgan fingerprint density at radius 1 is 0.880 bits per heavy atom. The number of benzene rings is 2. The lowest BCUT2D eigenvalue weighted by Crippen LogP contribution is -2.32. The van der Waals surface area contributed by atoms with Crippen LogP contribution in [0.15, 0.2) is 48.5 Å². The summed E-state index contributed by atoms with van der Waals surface area (Å²) < 4.78 is 0. The Morgan fingerprint density at radius 2 is 1.48 bits per heavy atom. The molecule has 0 radical (unpaired) electrons. The Bertz CT molecular complexity index is 661. The van der Waals surface area contributed by atoms with Crippen LogP contribution in [0.5, 0.6) is 0 Å². The molecule has 2 atom stereocenters. The average molecular weight is 338 g/mol. The minimum absolute atomic E-state index is 0.0147. The van der Waals surface area contributed by atoms with Gasteiger partial charge in [0.1, 0.15) is 0 Å². The molecule has 2 amide bonds. The Balaban J connectivity index is 1.99. The van der Waals surface area contributed by atoms with Gasteiger partial charge in [0.05, 0.1) is 6.04 Å². The van der Waals surface area contributed by atoms with Gasteiger partial charge in [-0.05, 0) is 54.0 Å². The van der Waals surface area contributed by atoms with Gasteiger partial charge >= 0.3 is 6.03 Å². The van der Waals surface area contributed by atoms with Gasteiger partial charge < -0.3 is 10.6 Å². The van der Waals surface area contributed by atoms with E-state index in [9.17, 15) is 4.79 Å². The van der Waals surface area contributed by atoms with E-state index >= 15 is 0 Å². The maximum Gasteiger partial charge on any atom is 0.319 e. The number of aryl methyl sites for hydroxylation is 1. The SMILES string of the molecule is CCc1ccc(NC(=O)N[C@@H](CC)c2ccc([C@H](C)CC)cc2)cc1. The molecule has 0 aliphatic rings. The van der Waals surface area contributed by atoms with Gasteiger partial charge in [0.2, 0.25) is 0 Å². The lowest BCUT2D eigenvalue weighted by atomic mass is 9.95. The minimum atomic E-state index is -0.165. The third-order valence-corrected chi connectivity index (χ3v) is 4.85. The zero-order chi connectivity index (χ0) is 18.2. The second-order valence-electron chi connectivity index (χ2n) is 6.59. The molecule has 0 bridgehead atoms. The van der Waals surface area contributed by atoms with Crippen molar-refractivity contribution in [3.8, 4) is 0 Å². The van der Waals surface area contributed by atoms with Crippen molar-refractivity contribution in [1.29, 1.82) is 0 Å². The highest BCUT2D eigenvalue weighted by Crippen LogP contribution is 2.23. The molecule has 3 nitrogen and oxygen atoms in total. The molecule has 0 heterocycles. The van der Waals surface area contributed by atoms with Crippen LogP contribution in [0, 0.1) is 0 Å². The third-order valence-electron chi connectivity index (χ3n) is 4.85. The van der Waals surface area contributed by atoms with Crippen LogP contribution in [-0.2, 0) is 6.42 Å². The predicted octanol–water partition coefficient (Wildman–Crippen LogP) is 6.04. The number of rotatable bonds is 7. The van der Waals surface area contributed by atoms with Gasteiger partial charge in [-0.15, -0.1) is 0 Å². The third kappa shape index (κ3) is 5.35. The summed E-state index contributed by atoms with van der Waals surface area (Å²) in [6, 6.07) is 16.4. The molecule has 0 aliphatic carbocycles. The van der Waals surface area contributed by atoms with Crippen LogP contribution in [0.2, 0.25) is 0 Å². The molecular formula is C22H30N2O. The molecule has 0 fully saturated rings. The predicted molar refractivity (Wildman–Crippen MR) is 106 cm³/mol. The number of nitrogens with one attached hydrogen (secondary N) is 2. The van der Waals surface area contributed by atoms with Crippen LogP contribution in [-0.4, -0.2) is 6.03 Å². The maximum absolute atomic E-state index is 12.3. The highest BCUT2D eigenvalue weighted by atomic mass is 16.2. The lowest BCUT2D eigenvalue weighted by Gasteiger charge is -2.19. The number of carbonyl (C=O) groups excluding carboxylic acids is 1. The summed E-state index contributed by atoms with van der Waals surface area (Å²) in [5.41, 5.74) is 4.57. The molecule has 2 aromatic rings. The number of carbonyl (C=O) groups is 1. The number of urea groups is 1. The topological polar surface area (TPSA) is 41.1 Å². The smallest absolute Gasteiger partial charge is 0.319 e. The standard InChI is InChI=1S/C22H30N2O/c1-5-16(4)18-10-12-19(13-11-18)21(7-3)24-22(25)23-20-14-8-17(6-2)9-15-20/h8-16,21H,5-7H2,1-4H3,(H2,23,24,25)/t16-,21+/m1/s1. The zero-order valence-electron chi connectivity index (χ0n) is 15.8. The molecule has 0 aromatic heterocycles. The number of hydrogen-bond acceptors (Lipinski definition) is 1. The molecule has 0 spiro atoms. The van der Waals surface area contributed by atoms with Gasteiger partial charge in [-0.2, -0.15) is 0 Å². The molecule has 2 rings (SSSR count). The van der Waals surface area contributed by atoms with Gasteiger partial charge in [-0.1, -0.05) is 64.1 Å². The van der Waals surface area contributed by atoms with Crippen molar-refractivity contribution in [2.45, 2.75) is 58.9 Å². The van der Waals surface area contributed by atoms with Crippen LogP contribution in [0.25, 0.3) is 0 Å². The summed E-state index contributed by atoms with van der Waals surface area (Å²) in [6.07, 6.45) is 2.98. The summed E-state index contributed by atoms with van der Waals surface area (Å²) >= 11 is 0. The molecule has 2 N–H and O–H groups in total. The van der Waals surface area contributed by atoms with E-state index in [1.807, 2.05) is 24.3 Å². The fraction of sp³-hybridized carbons (Fsp3) is 0.409. The van der Waals surface area contributed by atoms with Gasteiger partial charge in [0, 0.05) is 5.69 Å². The second-order valence-corrected chi connectivity index (χ2v) is 6.59. The molecule has 2 aromatic carbocycles. The Morgan fingerprint density at radius 3 is 2.00 bits per heavy atom. The van der Waals surface area contributed by atoms with Crippen molar-refractivity contribution >= 4 is 11.7 Å². The highest BCUT2D eigenvalue weighted by Gasteiger charge is 2.13. The van der Waals surface area contributed by atoms with Gasteiger partial charge in [0.15, 0.2) is 0 Å². The first kappa shape index (κ1) is 19.0. The molecule has 0 aliphatic heterocycles. The first-order valence-corrected chi connectivity index (χ1v) is 9.33. The fourth-order valence-corrected chi connectivity index (χ4v) is 2.86. The Kier molecular flexibility index (Phi) is 7.05. The number of amides is 2. The normalized spacial score (nSPS) is 13.1. The molecule has 25 heavy (non-hydrogen) atoms. The summed E-state index contributed by atoms with van der Waals surface area (Å²) in [5.74, 6) is 0.566. The van der Waals surface area contributed by atoms with Crippen LogP contribution in [0.3, 0.4) is 0 Å². The van der Waals surface area contributed by atoms with Crippen molar-refractivity contribution < 1.29 is 4.79 Å². The van der Waals surface area contributed by atoms with E-state index in [2.05, 4.69) is 62.6 Å². The van der Waals surface area contributed by atoms with Crippen LogP contribution < -0.4 is 10.6 Å². The van der Waals surface area contributed by atoms with Crippen molar-refractivity contribution in [2.75, 3.05) is 5.32 Å². The maximum atomic E-state index is 12.3. The van der Waals surface area contributed by atoms with E-state index in [1.165, 1.54) is 11.1 Å². The summed E-state index contributed by atoms with van der Waals surface area (Å²) in [5, 5.41) is 5.99. The molecule has 3 heteroatoms. The van der Waals surface area contributed by atoms with Crippen molar-refractivity contribution in [1.82, 2.24) is 5.32 Å². The first-order chi connectivity index (χ1) is 12.1. The summed E-state index contributed by atoms with van der Waals surface area (Å²) in [4.78, 5) is 12.3. The van der Waals surface area contributed by atoms with Crippen LogP contribution in [0.4, 0.5) is 10.5 Å². The van der Waals surface area contributed by atoms with Crippen molar-refractivity contribution in [3.63, 3.8) is 0 Å². The van der Waals surface area contributed by atoms with Gasteiger partial charge in [-0.25, -0.2) is 4.79 Å². The lowest BCUT2D eigenvalue weighted by molar-refractivity contribution is 0.248. The molecule has 0 saturated carbocycles. The van der Waals surface area contributed by atoms with Crippen molar-refractivity contribution in [2.24, 2.45) is 0 Å². The van der Waals surface area contributed by atoms with E-state index in [0.717, 1.165) is 30.5 Å². The largest absolute Gasteiger partial charge is 0.331 e. The van der Waals surface area contributed by atoms with E-state index < -0.39 is 0 Å². The van der Waals surface area contributed by atoms with E-state index in [4.69, 9.17) is 0 Å². The molecule has 0 unspecified atom stereocenters. The molecule has 0 saturated heterocycles. The second kappa shape index (κ2) is 9.26. The Hall–Kier alpha value is -2.29. The minimum Gasteiger partial charge on any atom is -0.331 e. The monoisotopic (exact) mass is 338 g/mol. The Labute approximate surface area is 151 Å². The highest BCUT2D eigenvalue weighted by molar-refractivity contribution is 5.89. The van der Waals surface area contributed by atoms with Crippen LogP contribution in [0.1, 0.15) is 69.2 Å². The average Bonchev–Trinajstić information content (AvgIpc) is 2.66. The van der Waals surface area contributed by atoms with Crippen LogP contribution >= 0.6 is 0 Å². The van der Waals surface area contributed by atoms with Crippen molar-refractivity contribution in [3.05, 3.63) is 65.2 Å². The first-order valence-electron chi connectivity index (χ1n) is 9.33. The quantitative estimate of drug-likeness (QED) is 0.635. The fourth-order valence-electron chi connectivity index (χ4n) is 2.86. The molecule has 134 valence electrons. The van der Waals surface area contributed by atoms with E-state index in [1.54, 1.807) is 0 Å². The van der Waals surface area contributed by atoms with Gasteiger partial charge in [-0.3, -0.25) is 0 Å². The number of anilines is 1.